The predicted octanol–water partition coefficient (Wildman–Crippen LogP) is 6.22. The van der Waals surface area contributed by atoms with Gasteiger partial charge in [-0.2, -0.15) is 18.3 Å². The fourth-order valence-electron chi connectivity index (χ4n) is 5.33. The fraction of sp³-hybridized carbons (Fsp3) is 0.414. The summed E-state index contributed by atoms with van der Waals surface area (Å²) in [6.07, 6.45) is 4.67. The van der Waals surface area contributed by atoms with E-state index >= 15 is 0 Å². The predicted molar refractivity (Wildman–Crippen MR) is 144 cm³/mol. The third kappa shape index (κ3) is 6.16. The van der Waals surface area contributed by atoms with Crippen LogP contribution in [0.2, 0.25) is 0 Å². The van der Waals surface area contributed by atoms with E-state index in [-0.39, 0.29) is 0 Å². The first-order chi connectivity index (χ1) is 18.8. The zero-order valence-corrected chi connectivity index (χ0v) is 21.6. The smallest absolute Gasteiger partial charge is 0.326 e. The number of nitrogens with one attached hydrogen (secondary N) is 1. The highest BCUT2D eigenvalue weighted by Crippen LogP contribution is 2.33. The summed E-state index contributed by atoms with van der Waals surface area (Å²) in [5, 5.41) is 7.24. The molecule has 0 atom stereocenters. The standard InChI is InChI=1S/C29H31F3N6O/c30-29(31,32)11-8-28(39)35-23-2-1-3-25(15-23)37-19-33-26-14-21(6-7-27(26)37)22-16-34-38(18-22)24-9-12-36(13-10-24)17-20-4-5-20/h1-3,6-7,14-16,18-20,24H,4-5,8-13,17H2,(H,35,39). The first-order valence-electron chi connectivity index (χ1n) is 13.5. The maximum Gasteiger partial charge on any atom is 0.389 e. The lowest BCUT2D eigenvalue weighted by Gasteiger charge is -2.32. The third-order valence-electron chi connectivity index (χ3n) is 7.67. The van der Waals surface area contributed by atoms with E-state index < -0.39 is 24.9 Å². The second-order valence-electron chi connectivity index (χ2n) is 10.7. The van der Waals surface area contributed by atoms with Gasteiger partial charge >= 0.3 is 6.18 Å². The molecule has 7 nitrogen and oxygen atoms in total. The van der Waals surface area contributed by atoms with Crippen molar-refractivity contribution in [2.45, 2.75) is 50.7 Å². The summed E-state index contributed by atoms with van der Waals surface area (Å²) < 4.78 is 41.3. The van der Waals surface area contributed by atoms with Gasteiger partial charge in [-0.25, -0.2) is 4.98 Å². The molecule has 2 fully saturated rings. The van der Waals surface area contributed by atoms with Crippen molar-refractivity contribution in [3.63, 3.8) is 0 Å². The molecule has 2 aromatic heterocycles. The number of halogens is 3. The van der Waals surface area contributed by atoms with Gasteiger partial charge in [0.2, 0.25) is 5.91 Å². The molecule has 2 aromatic carbocycles. The third-order valence-corrected chi connectivity index (χ3v) is 7.67. The summed E-state index contributed by atoms with van der Waals surface area (Å²) in [6.45, 7) is 3.53. The zero-order chi connectivity index (χ0) is 27.0. The molecule has 3 heterocycles. The Morgan fingerprint density at radius 1 is 1.03 bits per heavy atom. The Bertz CT molecular complexity index is 1460. The van der Waals surface area contributed by atoms with Gasteiger partial charge in [0.15, 0.2) is 0 Å². The monoisotopic (exact) mass is 536 g/mol. The van der Waals surface area contributed by atoms with Crippen molar-refractivity contribution in [1.82, 2.24) is 24.2 Å². The quantitative estimate of drug-likeness (QED) is 0.291. The molecule has 1 aliphatic heterocycles. The number of amides is 1. The Morgan fingerprint density at radius 2 is 1.85 bits per heavy atom. The molecule has 39 heavy (non-hydrogen) atoms. The first kappa shape index (κ1) is 25.6. The molecular weight excluding hydrogens is 505 g/mol. The van der Waals surface area contributed by atoms with Crippen LogP contribution in [0, 0.1) is 5.92 Å². The molecule has 10 heteroatoms. The second-order valence-corrected chi connectivity index (χ2v) is 10.7. The molecule has 1 saturated heterocycles. The Balaban J connectivity index is 1.14. The van der Waals surface area contributed by atoms with Crippen molar-refractivity contribution in [1.29, 1.82) is 0 Å². The maximum atomic E-state index is 12.4. The average Bonchev–Trinajstić information content (AvgIpc) is 3.42. The number of benzene rings is 2. The van der Waals surface area contributed by atoms with Crippen LogP contribution in [0.15, 0.2) is 61.2 Å². The molecule has 0 spiro atoms. The Labute approximate surface area is 224 Å². The van der Waals surface area contributed by atoms with Gasteiger partial charge in [0.1, 0.15) is 6.33 Å². The minimum absolute atomic E-state index is 0.429. The van der Waals surface area contributed by atoms with E-state index in [2.05, 4.69) is 31.2 Å². The molecule has 1 amide bonds. The number of rotatable bonds is 8. The van der Waals surface area contributed by atoms with Crippen LogP contribution < -0.4 is 5.32 Å². The van der Waals surface area contributed by atoms with Crippen molar-refractivity contribution < 1.29 is 18.0 Å². The lowest BCUT2D eigenvalue weighted by atomic mass is 10.0. The molecule has 2 aliphatic rings. The molecule has 0 bridgehead atoms. The van der Waals surface area contributed by atoms with E-state index in [9.17, 15) is 18.0 Å². The van der Waals surface area contributed by atoms with Crippen molar-refractivity contribution in [3.8, 4) is 16.8 Å². The van der Waals surface area contributed by atoms with Gasteiger partial charge in [-0.3, -0.25) is 14.0 Å². The molecule has 4 aromatic rings. The largest absolute Gasteiger partial charge is 0.389 e. The van der Waals surface area contributed by atoms with E-state index in [1.807, 2.05) is 35.0 Å². The van der Waals surface area contributed by atoms with E-state index in [1.165, 1.54) is 19.4 Å². The van der Waals surface area contributed by atoms with Gasteiger partial charge in [-0.15, -0.1) is 0 Å². The number of piperidine rings is 1. The zero-order valence-electron chi connectivity index (χ0n) is 21.6. The number of hydrogen-bond donors (Lipinski definition) is 1. The highest BCUT2D eigenvalue weighted by Gasteiger charge is 2.29. The molecule has 204 valence electrons. The number of alkyl halides is 3. The number of anilines is 1. The van der Waals surface area contributed by atoms with Gasteiger partial charge in [-0.1, -0.05) is 12.1 Å². The van der Waals surface area contributed by atoms with Crippen molar-refractivity contribution in [2.75, 3.05) is 25.0 Å². The van der Waals surface area contributed by atoms with Crippen LogP contribution in [0.5, 0.6) is 0 Å². The highest BCUT2D eigenvalue weighted by atomic mass is 19.4. The van der Waals surface area contributed by atoms with Gasteiger partial charge in [-0.05, 0) is 67.5 Å². The summed E-state index contributed by atoms with van der Waals surface area (Å²) in [5.41, 5.74) is 4.97. The Hall–Kier alpha value is -3.66. The lowest BCUT2D eigenvalue weighted by Crippen LogP contribution is -2.36. The van der Waals surface area contributed by atoms with E-state index in [0.717, 1.165) is 59.7 Å². The molecule has 0 radical (unpaired) electrons. The number of hydrogen-bond acceptors (Lipinski definition) is 4. The first-order valence-corrected chi connectivity index (χ1v) is 13.5. The van der Waals surface area contributed by atoms with Gasteiger partial charge in [0.05, 0.1) is 29.7 Å². The summed E-state index contributed by atoms with van der Waals surface area (Å²) in [7, 11) is 0. The maximum absolute atomic E-state index is 12.4. The lowest BCUT2D eigenvalue weighted by molar-refractivity contribution is -0.142. The van der Waals surface area contributed by atoms with E-state index in [0.29, 0.717) is 11.7 Å². The summed E-state index contributed by atoms with van der Waals surface area (Å²) in [4.78, 5) is 19.1. The van der Waals surface area contributed by atoms with E-state index in [1.54, 1.807) is 24.5 Å². The number of aromatic nitrogens is 4. The van der Waals surface area contributed by atoms with Crippen LogP contribution in [-0.2, 0) is 4.79 Å². The van der Waals surface area contributed by atoms with Crippen LogP contribution in [0.1, 0.15) is 44.6 Å². The minimum atomic E-state index is -4.36. The van der Waals surface area contributed by atoms with Gasteiger partial charge in [0, 0.05) is 49.2 Å². The molecule has 1 aliphatic carbocycles. The Morgan fingerprint density at radius 3 is 2.62 bits per heavy atom. The van der Waals surface area contributed by atoms with Crippen molar-refractivity contribution in [2.24, 2.45) is 5.92 Å². The number of likely N-dealkylation sites (tertiary alicyclic amines) is 1. The van der Waals surface area contributed by atoms with Crippen LogP contribution in [0.4, 0.5) is 18.9 Å². The van der Waals surface area contributed by atoms with Crippen LogP contribution in [-0.4, -0.2) is 55.9 Å². The SMILES string of the molecule is O=C(CCC(F)(F)F)Nc1cccc(-n2cnc3cc(-c4cnn(C5CCN(CC6CC6)CC5)c4)ccc32)c1. The van der Waals surface area contributed by atoms with Crippen LogP contribution >= 0.6 is 0 Å². The second kappa shape index (κ2) is 10.5. The number of carbonyl (C=O) groups is 1. The minimum Gasteiger partial charge on any atom is -0.326 e. The summed E-state index contributed by atoms with van der Waals surface area (Å²) in [6, 6.07) is 13.5. The van der Waals surface area contributed by atoms with Crippen LogP contribution in [0.25, 0.3) is 27.8 Å². The van der Waals surface area contributed by atoms with Gasteiger partial charge < -0.3 is 10.2 Å². The Kier molecular flexibility index (Phi) is 6.88. The number of fused-ring (bicyclic) bond motifs is 1. The molecule has 1 N–H and O–H groups in total. The topological polar surface area (TPSA) is 68.0 Å². The molecular formula is C29H31F3N6O. The van der Waals surface area contributed by atoms with E-state index in [4.69, 9.17) is 0 Å². The summed E-state index contributed by atoms with van der Waals surface area (Å²) in [5.74, 6) is 0.256. The number of nitrogens with zero attached hydrogens (tertiary/aromatic N) is 5. The van der Waals surface area contributed by atoms with Crippen molar-refractivity contribution in [3.05, 3.63) is 61.2 Å². The molecule has 0 unspecified atom stereocenters. The fourth-order valence-corrected chi connectivity index (χ4v) is 5.33. The van der Waals surface area contributed by atoms with Crippen molar-refractivity contribution >= 4 is 22.6 Å². The van der Waals surface area contributed by atoms with Crippen LogP contribution in [0.3, 0.4) is 0 Å². The summed E-state index contributed by atoms with van der Waals surface area (Å²) >= 11 is 0. The number of carbonyl (C=O) groups excluding carboxylic acids is 1. The number of imidazole rings is 1. The highest BCUT2D eigenvalue weighted by molar-refractivity contribution is 5.91. The molecule has 6 rings (SSSR count). The normalized spacial score (nSPS) is 17.1. The molecule has 1 saturated carbocycles. The van der Waals surface area contributed by atoms with Gasteiger partial charge in [0.25, 0.3) is 0 Å². The average molecular weight is 537 g/mol.